The Labute approximate surface area is 148 Å². The monoisotopic (exact) mass is 361 g/mol. The van der Waals surface area contributed by atoms with Crippen LogP contribution in [0.5, 0.6) is 0 Å². The van der Waals surface area contributed by atoms with Gasteiger partial charge >= 0.3 is 0 Å². The molecular weight excluding hydrogens is 349 g/mol. The van der Waals surface area contributed by atoms with E-state index in [0.717, 1.165) is 16.0 Å². The van der Waals surface area contributed by atoms with Gasteiger partial charge in [0.2, 0.25) is 0 Å². The topological polar surface area (TPSA) is 43.1 Å². The summed E-state index contributed by atoms with van der Waals surface area (Å²) in [5, 5.41) is 1.38. The van der Waals surface area contributed by atoms with Gasteiger partial charge in [-0.1, -0.05) is 47.5 Å². The smallest absolute Gasteiger partial charge is 0.258 e. The molecule has 2 N–H and O–H groups in total. The van der Waals surface area contributed by atoms with Crippen LogP contribution in [0.2, 0.25) is 10.0 Å². The third kappa shape index (κ3) is 3.58. The van der Waals surface area contributed by atoms with E-state index < -0.39 is 5.91 Å². The summed E-state index contributed by atoms with van der Waals surface area (Å²) in [7, 11) is 0. The molecule has 0 unspecified atom stereocenters. The van der Waals surface area contributed by atoms with Crippen molar-refractivity contribution in [1.29, 1.82) is 0 Å². The number of hydrogen-bond acceptors (Lipinski definition) is 2. The molecule has 3 aromatic rings. The fourth-order valence-corrected chi connectivity index (χ4v) is 3.74. The molecule has 5 heteroatoms. The highest BCUT2D eigenvalue weighted by molar-refractivity contribution is 7.14. The quantitative estimate of drug-likeness (QED) is 0.669. The van der Waals surface area contributed by atoms with Gasteiger partial charge in [0.1, 0.15) is 0 Å². The number of primary amides is 1. The van der Waals surface area contributed by atoms with Crippen LogP contribution in [0.15, 0.2) is 60.7 Å². The minimum absolute atomic E-state index is 0.00244. The Balaban J connectivity index is 2.10. The van der Waals surface area contributed by atoms with E-state index in [1.807, 2.05) is 54.6 Å². The van der Waals surface area contributed by atoms with Crippen LogP contribution in [0.4, 0.5) is 0 Å². The highest BCUT2D eigenvalue weighted by atomic mass is 35.5. The van der Waals surface area contributed by atoms with Crippen LogP contribution >= 0.6 is 34.5 Å². The molecule has 0 saturated heterocycles. The normalized spacial score (nSPS) is 10.9. The second-order valence-corrected chi connectivity index (χ2v) is 7.09. The molecule has 1 aromatic heterocycles. The van der Waals surface area contributed by atoms with Crippen molar-refractivity contribution in [2.75, 3.05) is 0 Å². The Morgan fingerprint density at radius 2 is 1.30 bits per heavy atom. The Kier molecular flexibility index (Phi) is 4.71. The molecule has 1 heterocycles. The van der Waals surface area contributed by atoms with Crippen LogP contribution in [-0.4, -0.2) is 5.91 Å². The number of amides is 1. The van der Waals surface area contributed by atoms with Gasteiger partial charge in [-0.05, 0) is 47.5 Å². The molecule has 2 aromatic carbocycles. The molecule has 0 saturated carbocycles. The number of carbonyl (C=O) groups excluding carboxylic acids is 1. The van der Waals surface area contributed by atoms with Crippen molar-refractivity contribution >= 4 is 40.4 Å². The van der Waals surface area contributed by atoms with Crippen LogP contribution in [0.25, 0.3) is 0 Å². The lowest BCUT2D eigenvalue weighted by molar-refractivity contribution is 0.100. The van der Waals surface area contributed by atoms with Gasteiger partial charge in [-0.15, -0.1) is 11.3 Å². The number of hydrogen-bond donors (Lipinski definition) is 1. The van der Waals surface area contributed by atoms with E-state index >= 15 is 0 Å². The number of rotatable bonds is 4. The lowest BCUT2D eigenvalue weighted by Crippen LogP contribution is -2.08. The molecule has 0 bridgehead atoms. The van der Waals surface area contributed by atoms with E-state index in [1.165, 1.54) is 11.3 Å². The van der Waals surface area contributed by atoms with Crippen LogP contribution in [0.1, 0.15) is 31.6 Å². The molecule has 23 heavy (non-hydrogen) atoms. The Morgan fingerprint density at radius 1 is 0.826 bits per heavy atom. The van der Waals surface area contributed by atoms with Gasteiger partial charge in [0.15, 0.2) is 0 Å². The van der Waals surface area contributed by atoms with Crippen molar-refractivity contribution in [3.8, 4) is 0 Å². The van der Waals surface area contributed by atoms with Gasteiger partial charge in [0, 0.05) is 20.8 Å². The van der Waals surface area contributed by atoms with Gasteiger partial charge in [-0.3, -0.25) is 4.79 Å². The molecule has 0 spiro atoms. The van der Waals surface area contributed by atoms with Gasteiger partial charge in [-0.2, -0.15) is 0 Å². The van der Waals surface area contributed by atoms with Gasteiger partial charge in [-0.25, -0.2) is 0 Å². The number of thiophene rings is 1. The minimum Gasteiger partial charge on any atom is -0.365 e. The fourth-order valence-electron chi connectivity index (χ4n) is 2.47. The van der Waals surface area contributed by atoms with Crippen molar-refractivity contribution in [2.45, 2.75) is 5.92 Å². The van der Waals surface area contributed by atoms with E-state index in [4.69, 9.17) is 28.9 Å². The molecule has 0 aliphatic heterocycles. The summed E-state index contributed by atoms with van der Waals surface area (Å²) in [5.41, 5.74) is 7.57. The molecule has 0 aliphatic carbocycles. The van der Waals surface area contributed by atoms with Gasteiger partial charge < -0.3 is 5.73 Å². The maximum absolute atomic E-state index is 11.4. The third-order valence-electron chi connectivity index (χ3n) is 3.56. The second-order valence-electron chi connectivity index (χ2n) is 5.10. The molecule has 0 fully saturated rings. The fraction of sp³-hybridized carbons (Fsp3) is 0.0556. The predicted octanol–water partition coefficient (Wildman–Crippen LogP) is 5.33. The largest absolute Gasteiger partial charge is 0.365 e. The number of benzene rings is 2. The van der Waals surface area contributed by atoms with Crippen LogP contribution < -0.4 is 5.73 Å². The van der Waals surface area contributed by atoms with Crippen molar-refractivity contribution in [3.05, 3.63) is 91.6 Å². The number of nitrogens with two attached hydrogens (primary N) is 1. The molecule has 3 rings (SSSR count). The number of carbonyl (C=O) groups is 1. The first-order chi connectivity index (χ1) is 11.0. The molecule has 116 valence electrons. The number of halogens is 2. The zero-order valence-corrected chi connectivity index (χ0v) is 14.3. The first-order valence-electron chi connectivity index (χ1n) is 6.95. The lowest BCUT2D eigenvalue weighted by Gasteiger charge is -2.17. The average Bonchev–Trinajstić information content (AvgIpc) is 3.01. The Bertz CT molecular complexity index is 779. The van der Waals surface area contributed by atoms with E-state index in [2.05, 4.69) is 0 Å². The van der Waals surface area contributed by atoms with Crippen molar-refractivity contribution in [1.82, 2.24) is 0 Å². The molecule has 2 nitrogen and oxygen atoms in total. The van der Waals surface area contributed by atoms with Gasteiger partial charge in [0.25, 0.3) is 5.91 Å². The second kappa shape index (κ2) is 6.75. The van der Waals surface area contributed by atoms with Crippen molar-refractivity contribution in [3.63, 3.8) is 0 Å². The van der Waals surface area contributed by atoms with Crippen LogP contribution in [-0.2, 0) is 0 Å². The van der Waals surface area contributed by atoms with Gasteiger partial charge in [0.05, 0.1) is 4.88 Å². The molecule has 0 radical (unpaired) electrons. The zero-order chi connectivity index (χ0) is 16.4. The van der Waals surface area contributed by atoms with E-state index in [1.54, 1.807) is 6.07 Å². The predicted molar refractivity (Wildman–Crippen MR) is 96.7 cm³/mol. The molecule has 0 atom stereocenters. The Hall–Kier alpha value is -1.81. The summed E-state index contributed by atoms with van der Waals surface area (Å²) >= 11 is 13.4. The third-order valence-corrected chi connectivity index (χ3v) is 5.23. The van der Waals surface area contributed by atoms with E-state index in [9.17, 15) is 4.79 Å². The van der Waals surface area contributed by atoms with E-state index in [0.29, 0.717) is 14.9 Å². The summed E-state index contributed by atoms with van der Waals surface area (Å²) in [6.45, 7) is 0. The van der Waals surface area contributed by atoms with Crippen LogP contribution in [0.3, 0.4) is 0 Å². The lowest BCUT2D eigenvalue weighted by atomic mass is 9.90. The molecule has 1 amide bonds. The highest BCUT2D eigenvalue weighted by Gasteiger charge is 2.19. The summed E-state index contributed by atoms with van der Waals surface area (Å²) in [5.74, 6) is -0.408. The summed E-state index contributed by atoms with van der Waals surface area (Å²) in [4.78, 5) is 13.0. The zero-order valence-electron chi connectivity index (χ0n) is 12.0. The summed E-state index contributed by atoms with van der Waals surface area (Å²) in [6.07, 6.45) is 0. The molecular formula is C18H13Cl2NOS. The minimum atomic E-state index is -0.410. The summed E-state index contributed by atoms with van der Waals surface area (Å²) < 4.78 is 0. The standard InChI is InChI=1S/C18H13Cl2NOS/c19-13-5-1-11(2-6-13)17(12-3-7-14(20)8-4-12)15-9-10-16(23-15)18(21)22/h1-10,17H,(H2,21,22). The first kappa shape index (κ1) is 16.1. The highest BCUT2D eigenvalue weighted by Crippen LogP contribution is 2.36. The SMILES string of the molecule is NC(=O)c1ccc(C(c2ccc(Cl)cc2)c2ccc(Cl)cc2)s1. The van der Waals surface area contributed by atoms with Crippen molar-refractivity contribution in [2.24, 2.45) is 5.73 Å². The molecule has 0 aliphatic rings. The Morgan fingerprint density at radius 3 is 1.70 bits per heavy atom. The average molecular weight is 362 g/mol. The maximum atomic E-state index is 11.4. The summed E-state index contributed by atoms with van der Waals surface area (Å²) in [6, 6.07) is 19.1. The first-order valence-corrected chi connectivity index (χ1v) is 8.52. The maximum Gasteiger partial charge on any atom is 0.258 e. The van der Waals surface area contributed by atoms with Crippen molar-refractivity contribution < 1.29 is 4.79 Å². The van der Waals surface area contributed by atoms with E-state index in [-0.39, 0.29) is 5.92 Å². The van der Waals surface area contributed by atoms with Crippen LogP contribution in [0, 0.1) is 0 Å².